The lowest BCUT2D eigenvalue weighted by Crippen LogP contribution is -2.05. The Hall–Kier alpha value is -1.19. The van der Waals surface area contributed by atoms with Gasteiger partial charge >= 0.3 is 5.97 Å². The molecule has 1 N–H and O–H groups in total. The average molecular weight is 216 g/mol. The van der Waals surface area contributed by atoms with Crippen LogP contribution in [0.15, 0.2) is 0 Å². The first-order valence-electron chi connectivity index (χ1n) is 5.23. The van der Waals surface area contributed by atoms with Crippen molar-refractivity contribution in [2.24, 2.45) is 0 Å². The van der Waals surface area contributed by atoms with Crippen LogP contribution in [0.4, 0.5) is 0 Å². The smallest absolute Gasteiger partial charge is 0.371 e. The fourth-order valence-corrected chi connectivity index (χ4v) is 0.831. The van der Waals surface area contributed by atoms with E-state index in [1.807, 2.05) is 0 Å². The Morgan fingerprint density at radius 2 is 1.60 bits per heavy atom. The summed E-state index contributed by atoms with van der Waals surface area (Å²) in [5.41, 5.74) is 0. The van der Waals surface area contributed by atoms with Gasteiger partial charge in [0.2, 0.25) is 5.78 Å². The van der Waals surface area contributed by atoms with E-state index in [9.17, 15) is 14.4 Å². The van der Waals surface area contributed by atoms with E-state index in [4.69, 9.17) is 5.11 Å². The number of hydrogen-bond donors (Lipinski definition) is 1. The number of aliphatic carboxylic acids is 1. The minimum Gasteiger partial charge on any atom is -0.476 e. The van der Waals surface area contributed by atoms with Crippen LogP contribution in [0.25, 0.3) is 0 Å². The molecule has 0 aromatic heterocycles. The molecule has 0 heterocycles. The molecule has 0 spiro atoms. The maximum Gasteiger partial charge on any atom is 0.371 e. The van der Waals surface area contributed by atoms with Gasteiger partial charge in [-0.3, -0.25) is 4.79 Å². The molecule has 0 radical (unpaired) electrons. The minimum atomic E-state index is -1.38. The third kappa shape index (κ3) is 19.3. The second-order valence-electron chi connectivity index (χ2n) is 3.23. The van der Waals surface area contributed by atoms with Gasteiger partial charge in [0.25, 0.3) is 0 Å². The molecule has 0 aliphatic carbocycles. The van der Waals surface area contributed by atoms with Crippen LogP contribution in [0.5, 0.6) is 0 Å². The molecule has 88 valence electrons. The third-order valence-corrected chi connectivity index (χ3v) is 1.73. The Bertz CT molecular complexity index is 175. The fourth-order valence-electron chi connectivity index (χ4n) is 0.831. The summed E-state index contributed by atoms with van der Waals surface area (Å²) in [5, 5.41) is 7.64. The number of rotatable bonds is 7. The van der Waals surface area contributed by atoms with E-state index in [-0.39, 0.29) is 0 Å². The van der Waals surface area contributed by atoms with Crippen LogP contribution in [0.3, 0.4) is 0 Å². The lowest BCUT2D eigenvalue weighted by Gasteiger charge is -1.93. The van der Waals surface area contributed by atoms with Crippen LogP contribution in [0.1, 0.15) is 52.4 Å². The Kier molecular flexibility index (Phi) is 13.9. The average Bonchev–Trinajstić information content (AvgIpc) is 2.18. The number of aldehydes is 1. The van der Waals surface area contributed by atoms with Crippen molar-refractivity contribution in [3.8, 4) is 0 Å². The van der Waals surface area contributed by atoms with Crippen LogP contribution >= 0.6 is 0 Å². The molecule has 0 aliphatic heterocycles. The molecule has 0 amide bonds. The van der Waals surface area contributed by atoms with Gasteiger partial charge in [-0.2, -0.15) is 0 Å². The quantitative estimate of drug-likeness (QED) is 0.402. The van der Waals surface area contributed by atoms with Gasteiger partial charge in [0.1, 0.15) is 6.29 Å². The van der Waals surface area contributed by atoms with E-state index in [1.165, 1.54) is 25.7 Å². The topological polar surface area (TPSA) is 71.4 Å². The normalized spacial score (nSPS) is 8.67. The van der Waals surface area contributed by atoms with Crippen molar-refractivity contribution in [1.82, 2.24) is 0 Å². The number of unbranched alkanes of at least 4 members (excludes halogenated alkanes) is 5. The third-order valence-electron chi connectivity index (χ3n) is 1.73. The van der Waals surface area contributed by atoms with Crippen molar-refractivity contribution in [2.45, 2.75) is 52.4 Å². The largest absolute Gasteiger partial charge is 0.476 e. The molecule has 4 nitrogen and oxygen atoms in total. The summed E-state index contributed by atoms with van der Waals surface area (Å²) in [5.74, 6) is -2.20. The van der Waals surface area contributed by atoms with Crippen molar-refractivity contribution >= 4 is 18.0 Å². The van der Waals surface area contributed by atoms with Crippen LogP contribution < -0.4 is 0 Å². The molecule has 0 fully saturated rings. The lowest BCUT2D eigenvalue weighted by molar-refractivity contribution is -0.148. The number of ketones is 1. The number of hydrogen-bond acceptors (Lipinski definition) is 3. The predicted molar refractivity (Wildman–Crippen MR) is 57.8 cm³/mol. The standard InChI is InChI=1S/C8H16O.C3H4O3/c1-2-3-4-5-6-7-8-9;1-2(4)3(5)6/h8H,2-7H2,1H3;1H3,(H,5,6). The Balaban J connectivity index is 0. The summed E-state index contributed by atoms with van der Waals surface area (Å²) in [6.45, 7) is 3.20. The fraction of sp³-hybridized carbons (Fsp3) is 0.727. The van der Waals surface area contributed by atoms with Crippen LogP contribution in [0.2, 0.25) is 0 Å². The van der Waals surface area contributed by atoms with E-state index in [0.29, 0.717) is 0 Å². The monoisotopic (exact) mass is 216 g/mol. The molecule has 0 saturated heterocycles. The zero-order valence-corrected chi connectivity index (χ0v) is 9.49. The Morgan fingerprint density at radius 1 is 1.13 bits per heavy atom. The number of carboxylic acid groups (broad SMARTS) is 1. The summed E-state index contributed by atoms with van der Waals surface area (Å²) in [6.07, 6.45) is 7.97. The SMILES string of the molecule is CC(=O)C(=O)O.CCCCCCCC=O. The second-order valence-corrected chi connectivity index (χ2v) is 3.23. The molecule has 4 heteroatoms. The van der Waals surface area contributed by atoms with Gasteiger partial charge in [-0.25, -0.2) is 4.79 Å². The van der Waals surface area contributed by atoms with Crippen molar-refractivity contribution in [1.29, 1.82) is 0 Å². The molecule has 0 atom stereocenters. The highest BCUT2D eigenvalue weighted by atomic mass is 16.4. The summed E-state index contributed by atoms with van der Waals surface area (Å²) in [4.78, 5) is 28.7. The van der Waals surface area contributed by atoms with Crippen LogP contribution in [-0.2, 0) is 14.4 Å². The van der Waals surface area contributed by atoms with Gasteiger partial charge in [-0.15, -0.1) is 0 Å². The highest BCUT2D eigenvalue weighted by molar-refractivity contribution is 6.31. The molecule has 0 bridgehead atoms. The molecule has 0 rings (SSSR count). The van der Waals surface area contributed by atoms with Gasteiger partial charge in [0, 0.05) is 13.3 Å². The molecule has 15 heavy (non-hydrogen) atoms. The molecule has 0 aromatic carbocycles. The number of carbonyl (C=O) groups is 3. The molecule has 0 unspecified atom stereocenters. The van der Waals surface area contributed by atoms with E-state index in [0.717, 1.165) is 26.1 Å². The van der Waals surface area contributed by atoms with Crippen molar-refractivity contribution < 1.29 is 19.5 Å². The first kappa shape index (κ1) is 16.2. The first-order chi connectivity index (χ1) is 7.06. The van der Waals surface area contributed by atoms with E-state index < -0.39 is 11.8 Å². The highest BCUT2D eigenvalue weighted by Crippen LogP contribution is 2.02. The van der Waals surface area contributed by atoms with Gasteiger partial charge in [-0.1, -0.05) is 32.6 Å². The van der Waals surface area contributed by atoms with E-state index >= 15 is 0 Å². The summed E-state index contributed by atoms with van der Waals surface area (Å²) in [6, 6.07) is 0. The van der Waals surface area contributed by atoms with E-state index in [2.05, 4.69) is 6.92 Å². The predicted octanol–water partition coefficient (Wildman–Crippen LogP) is 2.21. The lowest BCUT2D eigenvalue weighted by atomic mass is 10.1. The highest BCUT2D eigenvalue weighted by Gasteiger charge is 1.98. The Morgan fingerprint density at radius 3 is 1.93 bits per heavy atom. The van der Waals surface area contributed by atoms with Crippen molar-refractivity contribution in [3.05, 3.63) is 0 Å². The number of carboxylic acids is 1. The Labute approximate surface area is 90.7 Å². The maximum atomic E-state index is 9.84. The molecule has 0 saturated carbocycles. The summed E-state index contributed by atoms with van der Waals surface area (Å²) < 4.78 is 0. The summed E-state index contributed by atoms with van der Waals surface area (Å²) in [7, 11) is 0. The number of Topliss-reactive ketones (excluding diaryl/α,β-unsaturated/α-hetero) is 1. The second kappa shape index (κ2) is 12.8. The van der Waals surface area contributed by atoms with Gasteiger partial charge in [-0.05, 0) is 6.42 Å². The first-order valence-corrected chi connectivity index (χ1v) is 5.23. The zero-order chi connectivity index (χ0) is 12.1. The van der Waals surface area contributed by atoms with Gasteiger partial charge in [0.15, 0.2) is 0 Å². The molecular formula is C11H20O4. The summed E-state index contributed by atoms with van der Waals surface area (Å²) >= 11 is 0. The molecular weight excluding hydrogens is 196 g/mol. The molecule has 0 aromatic rings. The van der Waals surface area contributed by atoms with Crippen molar-refractivity contribution in [2.75, 3.05) is 0 Å². The molecule has 0 aliphatic rings. The van der Waals surface area contributed by atoms with Crippen molar-refractivity contribution in [3.63, 3.8) is 0 Å². The van der Waals surface area contributed by atoms with Gasteiger partial charge in [0.05, 0.1) is 0 Å². The number of carbonyl (C=O) groups excluding carboxylic acids is 2. The van der Waals surface area contributed by atoms with Gasteiger partial charge < -0.3 is 9.90 Å². The maximum absolute atomic E-state index is 9.84. The minimum absolute atomic E-state index is 0.754. The van der Waals surface area contributed by atoms with Crippen LogP contribution in [-0.4, -0.2) is 23.1 Å². The zero-order valence-electron chi connectivity index (χ0n) is 9.49. The van der Waals surface area contributed by atoms with E-state index in [1.54, 1.807) is 0 Å². The van der Waals surface area contributed by atoms with Crippen LogP contribution in [0, 0.1) is 0 Å².